The zero-order valence-corrected chi connectivity index (χ0v) is 15.4. The van der Waals surface area contributed by atoms with Crippen LogP contribution in [0, 0.1) is 0 Å². The van der Waals surface area contributed by atoms with Crippen LogP contribution in [0.1, 0.15) is 10.4 Å². The predicted octanol–water partition coefficient (Wildman–Crippen LogP) is 4.31. The number of halogens is 4. The summed E-state index contributed by atoms with van der Waals surface area (Å²) in [6.07, 6.45) is 2.97. The number of nitrogens with zero attached hydrogens (tertiary/aromatic N) is 2. The van der Waals surface area contributed by atoms with Crippen LogP contribution in [-0.4, -0.2) is 21.0 Å². The maximum atomic E-state index is 12.6. The predicted molar refractivity (Wildman–Crippen MR) is 101 cm³/mol. The van der Waals surface area contributed by atoms with Crippen molar-refractivity contribution in [3.05, 3.63) is 82.0 Å². The van der Waals surface area contributed by atoms with Crippen molar-refractivity contribution in [2.75, 3.05) is 5.32 Å². The number of rotatable bonds is 5. The highest BCUT2D eigenvalue weighted by atomic mass is 35.5. The highest BCUT2D eigenvalue weighted by Crippen LogP contribution is 2.26. The number of alkyl halides is 3. The Morgan fingerprint density at radius 3 is 2.46 bits per heavy atom. The fourth-order valence-corrected chi connectivity index (χ4v) is 2.77. The summed E-state index contributed by atoms with van der Waals surface area (Å²) in [7, 11) is 0. The van der Waals surface area contributed by atoms with E-state index in [2.05, 4.69) is 15.0 Å². The number of pyridine rings is 2. The first kappa shape index (κ1) is 19.8. The highest BCUT2D eigenvalue weighted by molar-refractivity contribution is 6.33. The number of aromatic nitrogens is 2. The Balaban J connectivity index is 1.85. The minimum absolute atomic E-state index is 0.0396. The number of carbonyl (C=O) groups is 1. The Hall–Kier alpha value is -2.97. The summed E-state index contributed by atoms with van der Waals surface area (Å²) < 4.78 is 30.6. The first-order valence-corrected chi connectivity index (χ1v) is 8.49. The molecule has 0 aliphatic heterocycles. The maximum absolute atomic E-state index is 12.6. The van der Waals surface area contributed by atoms with Crippen molar-refractivity contribution < 1.29 is 18.3 Å². The second-order valence-electron chi connectivity index (χ2n) is 5.45. The molecule has 10 heteroatoms. The van der Waals surface area contributed by atoms with E-state index in [-0.39, 0.29) is 16.5 Å². The van der Waals surface area contributed by atoms with Crippen molar-refractivity contribution in [1.82, 2.24) is 9.55 Å². The van der Waals surface area contributed by atoms with Crippen molar-refractivity contribution in [3.8, 4) is 11.4 Å². The average Bonchev–Trinajstić information content (AvgIpc) is 2.63. The van der Waals surface area contributed by atoms with Crippen LogP contribution in [-0.2, 0) is 0 Å². The number of amides is 1. The quantitative estimate of drug-likeness (QED) is 0.488. The Bertz CT molecular complexity index is 1050. The molecule has 144 valence electrons. The van der Waals surface area contributed by atoms with Crippen molar-refractivity contribution in [3.63, 3.8) is 0 Å². The molecule has 0 aliphatic carbocycles. The van der Waals surface area contributed by atoms with Gasteiger partial charge in [0.15, 0.2) is 0 Å². The minimum Gasteiger partial charge on any atom is -0.420 e. The average molecular weight is 426 g/mol. The van der Waals surface area contributed by atoms with Crippen LogP contribution >= 0.6 is 23.2 Å². The van der Waals surface area contributed by atoms with Crippen LogP contribution in [0.3, 0.4) is 0 Å². The molecule has 1 aromatic carbocycles. The Morgan fingerprint density at radius 2 is 1.86 bits per heavy atom. The number of carbonyl (C=O) groups excluding carboxylic acids is 1. The molecule has 28 heavy (non-hydrogen) atoms. The molecule has 0 radical (unpaired) electrons. The fourth-order valence-electron chi connectivity index (χ4n) is 2.35. The number of anilines is 1. The van der Waals surface area contributed by atoms with Crippen molar-refractivity contribution in [2.45, 2.75) is 5.57 Å². The molecule has 0 saturated heterocycles. The van der Waals surface area contributed by atoms with Gasteiger partial charge in [0.2, 0.25) is 0 Å². The van der Waals surface area contributed by atoms with Gasteiger partial charge in [-0.3, -0.25) is 19.1 Å². The summed E-state index contributed by atoms with van der Waals surface area (Å²) >= 11 is 11.0. The lowest BCUT2D eigenvalue weighted by atomic mass is 10.2. The van der Waals surface area contributed by atoms with Gasteiger partial charge in [0.05, 0.1) is 17.4 Å². The molecule has 2 heterocycles. The normalized spacial score (nSPS) is 11.1. The van der Waals surface area contributed by atoms with E-state index in [4.69, 9.17) is 23.2 Å². The molecule has 1 N–H and O–H groups in total. The molecule has 1 amide bonds. The molecule has 0 atom stereocenters. The van der Waals surface area contributed by atoms with Crippen LogP contribution in [0.2, 0.25) is 5.15 Å². The lowest BCUT2D eigenvalue weighted by Crippen LogP contribution is -2.22. The van der Waals surface area contributed by atoms with E-state index < -0.39 is 17.0 Å². The van der Waals surface area contributed by atoms with Gasteiger partial charge in [0, 0.05) is 29.6 Å². The monoisotopic (exact) mass is 425 g/mol. The van der Waals surface area contributed by atoms with Gasteiger partial charge in [-0.1, -0.05) is 11.6 Å². The van der Waals surface area contributed by atoms with E-state index >= 15 is 0 Å². The summed E-state index contributed by atoms with van der Waals surface area (Å²) in [5, 5.41) is 2.46. The zero-order chi connectivity index (χ0) is 20.3. The van der Waals surface area contributed by atoms with Gasteiger partial charge in [-0.15, -0.1) is 8.78 Å². The van der Waals surface area contributed by atoms with Crippen LogP contribution < -0.4 is 15.6 Å². The topological polar surface area (TPSA) is 73.2 Å². The zero-order valence-electron chi connectivity index (χ0n) is 13.9. The van der Waals surface area contributed by atoms with E-state index in [1.165, 1.54) is 48.8 Å². The van der Waals surface area contributed by atoms with Gasteiger partial charge < -0.3 is 10.1 Å². The third-order valence-corrected chi connectivity index (χ3v) is 3.98. The fraction of sp³-hybridized carbons (Fsp3) is 0.0556. The van der Waals surface area contributed by atoms with Crippen LogP contribution in [0.4, 0.5) is 14.5 Å². The van der Waals surface area contributed by atoms with Crippen molar-refractivity contribution >= 4 is 34.8 Å². The van der Waals surface area contributed by atoms with Gasteiger partial charge in [-0.2, -0.15) is 0 Å². The molecule has 0 saturated carbocycles. The molecular formula is C18H11Cl2F2N3O3. The standard InChI is InChI=1S/C18H11Cl2F2N3O3/c19-16-14(7-8-15(26)25(16)12-2-1-9-23-10-12)17(27)24-11-3-5-13(6-4-11)28-18(20,21)22/h1-10H,(H,24,27). The van der Waals surface area contributed by atoms with E-state index in [0.29, 0.717) is 11.4 Å². The second kappa shape index (κ2) is 7.95. The third-order valence-electron chi connectivity index (χ3n) is 3.53. The van der Waals surface area contributed by atoms with Crippen LogP contribution in [0.5, 0.6) is 5.75 Å². The number of nitrogens with one attached hydrogen (secondary N) is 1. The number of ether oxygens (including phenoxy) is 1. The van der Waals surface area contributed by atoms with Gasteiger partial charge in [0.25, 0.3) is 11.5 Å². The molecule has 6 nitrogen and oxygen atoms in total. The van der Waals surface area contributed by atoms with Crippen molar-refractivity contribution in [1.29, 1.82) is 0 Å². The van der Waals surface area contributed by atoms with Crippen LogP contribution in [0.15, 0.2) is 65.7 Å². The van der Waals surface area contributed by atoms with Crippen LogP contribution in [0.25, 0.3) is 5.69 Å². The van der Waals surface area contributed by atoms with Gasteiger partial charge >= 0.3 is 5.57 Å². The second-order valence-corrected chi connectivity index (χ2v) is 6.25. The molecule has 0 bridgehead atoms. The molecule has 0 spiro atoms. The Labute approximate surface area is 167 Å². The Morgan fingerprint density at radius 1 is 1.14 bits per heavy atom. The van der Waals surface area contributed by atoms with Gasteiger partial charge in [-0.05, 0) is 42.5 Å². The largest absolute Gasteiger partial charge is 0.487 e. The Kier molecular flexibility index (Phi) is 5.62. The van der Waals surface area contributed by atoms with E-state index in [1.807, 2.05) is 0 Å². The number of benzene rings is 1. The number of hydrogen-bond donors (Lipinski definition) is 1. The highest BCUT2D eigenvalue weighted by Gasteiger charge is 2.27. The first-order chi connectivity index (χ1) is 13.2. The molecule has 0 fully saturated rings. The summed E-state index contributed by atoms with van der Waals surface area (Å²) in [5.74, 6) is -0.778. The molecular weight excluding hydrogens is 415 g/mol. The molecule has 2 aromatic heterocycles. The van der Waals surface area contributed by atoms with E-state index in [9.17, 15) is 18.4 Å². The third kappa shape index (κ3) is 4.65. The summed E-state index contributed by atoms with van der Waals surface area (Å²) in [6.45, 7) is 0. The van der Waals surface area contributed by atoms with Gasteiger partial charge in [0.1, 0.15) is 10.9 Å². The summed E-state index contributed by atoms with van der Waals surface area (Å²) in [5.41, 5.74) is -3.53. The van der Waals surface area contributed by atoms with Gasteiger partial charge in [-0.25, -0.2) is 0 Å². The maximum Gasteiger partial charge on any atom is 0.487 e. The van der Waals surface area contributed by atoms with Crippen molar-refractivity contribution in [2.24, 2.45) is 0 Å². The number of hydrogen-bond acceptors (Lipinski definition) is 4. The SMILES string of the molecule is O=C(Nc1ccc(OC(F)(F)Cl)cc1)c1ccc(=O)n(-c2cccnc2)c1Cl. The van der Waals surface area contributed by atoms with E-state index in [0.717, 1.165) is 4.57 Å². The molecule has 3 rings (SSSR count). The lowest BCUT2D eigenvalue weighted by molar-refractivity contribution is -0.0964. The van der Waals surface area contributed by atoms with E-state index in [1.54, 1.807) is 12.1 Å². The minimum atomic E-state index is -3.84. The summed E-state index contributed by atoms with van der Waals surface area (Å²) in [6, 6.07) is 10.9. The molecule has 3 aromatic rings. The molecule has 0 aliphatic rings. The lowest BCUT2D eigenvalue weighted by Gasteiger charge is -2.13. The smallest absolute Gasteiger partial charge is 0.420 e. The molecule has 0 unspecified atom stereocenters. The first-order valence-electron chi connectivity index (χ1n) is 7.74. The summed E-state index contributed by atoms with van der Waals surface area (Å²) in [4.78, 5) is 28.6.